The number of nitrogens with zero attached hydrogens (tertiary/aromatic N) is 1. The molecule has 2 fully saturated rings. The summed E-state index contributed by atoms with van der Waals surface area (Å²) in [6.07, 6.45) is -1.23. The first-order valence-electron chi connectivity index (χ1n) is 14.6. The number of nitrogens with one attached hydrogen (secondary N) is 1. The summed E-state index contributed by atoms with van der Waals surface area (Å²) in [6.45, 7) is 13.3. The van der Waals surface area contributed by atoms with Crippen LogP contribution in [0.4, 0.5) is 18.9 Å². The molecule has 1 aliphatic heterocycles. The molecule has 0 aromatic heterocycles. The minimum Gasteiger partial charge on any atom is -0.404 e. The van der Waals surface area contributed by atoms with Crippen molar-refractivity contribution in [1.29, 1.82) is 0 Å². The van der Waals surface area contributed by atoms with Crippen LogP contribution in [0.1, 0.15) is 86.5 Å². The zero-order chi connectivity index (χ0) is 31.3. The van der Waals surface area contributed by atoms with Gasteiger partial charge in [0.1, 0.15) is 19.4 Å². The van der Waals surface area contributed by atoms with Crippen molar-refractivity contribution in [2.75, 3.05) is 11.5 Å². The Kier molecular flexibility index (Phi) is 11.4. The molecule has 1 saturated heterocycles. The average molecular weight is 631 g/mol. The molecule has 42 heavy (non-hydrogen) atoms. The van der Waals surface area contributed by atoms with E-state index < -0.39 is 43.8 Å². The van der Waals surface area contributed by atoms with Gasteiger partial charge in [0.15, 0.2) is 6.29 Å². The molecular formula is C30H42ClF3N2O5Si. The molecule has 1 heterocycles. The second-order valence-corrected chi connectivity index (χ2v) is 18.0. The van der Waals surface area contributed by atoms with Crippen molar-refractivity contribution in [3.63, 3.8) is 0 Å². The Balaban J connectivity index is 2.09. The van der Waals surface area contributed by atoms with Crippen molar-refractivity contribution in [1.82, 2.24) is 5.48 Å². The summed E-state index contributed by atoms with van der Waals surface area (Å²) in [7, 11) is -2.33. The first-order chi connectivity index (χ1) is 19.6. The van der Waals surface area contributed by atoms with Gasteiger partial charge in [-0.3, -0.25) is 14.5 Å². The van der Waals surface area contributed by atoms with E-state index in [1.54, 1.807) is 0 Å². The van der Waals surface area contributed by atoms with Crippen LogP contribution in [0.15, 0.2) is 18.2 Å². The molecule has 3 rings (SSSR count). The van der Waals surface area contributed by atoms with Crippen LogP contribution >= 0.6 is 11.6 Å². The minimum atomic E-state index is -4.95. The number of hydrogen-bond donors (Lipinski definition) is 1. The number of anilines is 1. The lowest BCUT2D eigenvalue weighted by molar-refractivity contribution is -0.274. The number of benzene rings is 1. The van der Waals surface area contributed by atoms with Crippen LogP contribution in [0.2, 0.25) is 21.6 Å². The normalized spacial score (nSPS) is 19.0. The van der Waals surface area contributed by atoms with Crippen LogP contribution < -0.4 is 15.1 Å². The predicted molar refractivity (Wildman–Crippen MR) is 158 cm³/mol. The van der Waals surface area contributed by atoms with Gasteiger partial charge in [-0.25, -0.2) is 10.3 Å². The molecule has 1 N–H and O–H groups in total. The van der Waals surface area contributed by atoms with E-state index >= 15 is 0 Å². The fraction of sp³-hybridized carbons (Fsp3) is 0.667. The third-order valence-electron chi connectivity index (χ3n) is 8.56. The summed E-state index contributed by atoms with van der Waals surface area (Å²) in [5, 5.41) is -0.355. The Morgan fingerprint density at radius 3 is 2.19 bits per heavy atom. The van der Waals surface area contributed by atoms with E-state index in [4.69, 9.17) is 21.2 Å². The maximum Gasteiger partial charge on any atom is 0.573 e. The molecule has 1 aliphatic carbocycles. The number of ether oxygens (including phenoxy) is 2. The Hall–Kier alpha value is -2.26. The molecule has 1 atom stereocenters. The van der Waals surface area contributed by atoms with E-state index in [0.717, 1.165) is 18.9 Å². The van der Waals surface area contributed by atoms with Gasteiger partial charge in [-0.2, -0.15) is 0 Å². The highest BCUT2D eigenvalue weighted by Crippen LogP contribution is 2.43. The Morgan fingerprint density at radius 2 is 1.69 bits per heavy atom. The molecule has 234 valence electrons. The zero-order valence-electron chi connectivity index (χ0n) is 25.2. The van der Waals surface area contributed by atoms with Crippen molar-refractivity contribution in [2.24, 2.45) is 0 Å². The molecule has 7 nitrogen and oxygen atoms in total. The van der Waals surface area contributed by atoms with E-state index in [1.165, 1.54) is 17.0 Å². The highest BCUT2D eigenvalue weighted by atomic mass is 35.5. The SMILES string of the molecule is CC(C)[Si](C#CC(=O)N(c1ccc(OC(F)(F)F)c(Cl)c1)C1(C(=O)NOC2CCCCO2)CCCC1)(C(C)C)C(C)C. The Labute approximate surface area is 252 Å². The number of carbonyl (C=O) groups excluding carboxylic acids is 2. The van der Waals surface area contributed by atoms with Crippen molar-refractivity contribution in [3.05, 3.63) is 23.2 Å². The number of hydrogen-bond acceptors (Lipinski definition) is 5. The Bertz CT molecular complexity index is 1150. The lowest BCUT2D eigenvalue weighted by atomic mass is 9.92. The lowest BCUT2D eigenvalue weighted by Crippen LogP contribution is -2.60. The third-order valence-corrected chi connectivity index (χ3v) is 15.1. The van der Waals surface area contributed by atoms with Gasteiger partial charge in [0.25, 0.3) is 5.91 Å². The van der Waals surface area contributed by atoms with Crippen molar-refractivity contribution in [3.8, 4) is 17.2 Å². The molecule has 2 amide bonds. The smallest absolute Gasteiger partial charge is 0.404 e. The van der Waals surface area contributed by atoms with Crippen LogP contribution in [-0.2, 0) is 19.2 Å². The summed E-state index contributed by atoms with van der Waals surface area (Å²) < 4.78 is 48.4. The van der Waals surface area contributed by atoms with E-state index in [9.17, 15) is 22.8 Å². The summed E-state index contributed by atoms with van der Waals surface area (Å²) >= 11 is 6.22. The standard InChI is InChI=1S/C30H42ClF3N2O5Si/c1-20(2)42(21(3)4,22(5)6)18-14-26(37)36(23-12-13-25(24(31)19-23)40-30(32,33)34)29(15-8-9-16-29)28(38)35-41-27-11-7-10-17-39-27/h12-13,19-22,27H,7-11,15-17H2,1-6H3,(H,35,38). The molecule has 1 saturated carbocycles. The molecule has 0 radical (unpaired) electrons. The number of halogens is 4. The van der Waals surface area contributed by atoms with Crippen LogP contribution in [0.3, 0.4) is 0 Å². The first kappa shape index (κ1) is 34.2. The van der Waals surface area contributed by atoms with Gasteiger partial charge in [0.05, 0.1) is 5.02 Å². The maximum absolute atomic E-state index is 14.2. The van der Waals surface area contributed by atoms with E-state index in [-0.39, 0.29) is 27.3 Å². The number of hydroxylamine groups is 1. The molecule has 1 unspecified atom stereocenters. The van der Waals surface area contributed by atoms with Gasteiger partial charge >= 0.3 is 12.3 Å². The van der Waals surface area contributed by atoms with Crippen molar-refractivity contribution < 1.29 is 37.1 Å². The van der Waals surface area contributed by atoms with Crippen LogP contribution in [0, 0.1) is 11.5 Å². The fourth-order valence-corrected chi connectivity index (χ4v) is 12.0. The summed E-state index contributed by atoms with van der Waals surface area (Å²) in [5.74, 6) is 1.12. The van der Waals surface area contributed by atoms with Gasteiger partial charge in [0.2, 0.25) is 0 Å². The molecule has 0 spiro atoms. The molecular weight excluding hydrogens is 589 g/mol. The largest absolute Gasteiger partial charge is 0.573 e. The van der Waals surface area contributed by atoms with E-state index in [2.05, 4.69) is 63.2 Å². The monoisotopic (exact) mass is 630 g/mol. The molecule has 0 bridgehead atoms. The van der Waals surface area contributed by atoms with E-state index in [0.29, 0.717) is 38.7 Å². The van der Waals surface area contributed by atoms with Crippen LogP contribution in [0.5, 0.6) is 5.75 Å². The summed E-state index contributed by atoms with van der Waals surface area (Å²) in [6, 6.07) is 3.54. The highest BCUT2D eigenvalue weighted by Gasteiger charge is 2.50. The maximum atomic E-state index is 14.2. The predicted octanol–water partition coefficient (Wildman–Crippen LogP) is 7.68. The van der Waals surface area contributed by atoms with Gasteiger partial charge in [-0.05, 0) is 66.4 Å². The van der Waals surface area contributed by atoms with Gasteiger partial charge in [-0.1, -0.05) is 66.0 Å². The summed E-state index contributed by atoms with van der Waals surface area (Å²) in [5.41, 5.74) is 5.45. The zero-order valence-corrected chi connectivity index (χ0v) is 27.0. The number of amides is 2. The minimum absolute atomic E-state index is 0.144. The second kappa shape index (κ2) is 14.0. The fourth-order valence-electron chi connectivity index (χ4n) is 6.58. The van der Waals surface area contributed by atoms with Crippen LogP contribution in [0.25, 0.3) is 0 Å². The quantitative estimate of drug-likeness (QED) is 0.172. The van der Waals surface area contributed by atoms with Crippen LogP contribution in [-0.4, -0.2) is 44.7 Å². The van der Waals surface area contributed by atoms with Crippen molar-refractivity contribution >= 4 is 37.2 Å². The van der Waals surface area contributed by atoms with Gasteiger partial charge < -0.3 is 9.47 Å². The number of carbonyl (C=O) groups is 2. The van der Waals surface area contributed by atoms with Gasteiger partial charge in [0, 0.05) is 18.7 Å². The molecule has 1 aromatic carbocycles. The second-order valence-electron chi connectivity index (χ2n) is 12.0. The molecule has 12 heteroatoms. The third kappa shape index (κ3) is 7.62. The highest BCUT2D eigenvalue weighted by molar-refractivity contribution is 6.90. The summed E-state index contributed by atoms with van der Waals surface area (Å²) in [4.78, 5) is 34.9. The Morgan fingerprint density at radius 1 is 1.07 bits per heavy atom. The topological polar surface area (TPSA) is 77.1 Å². The van der Waals surface area contributed by atoms with E-state index in [1.807, 2.05) is 0 Å². The average Bonchev–Trinajstić information content (AvgIpc) is 3.39. The van der Waals surface area contributed by atoms with Gasteiger partial charge in [-0.15, -0.1) is 18.7 Å². The number of rotatable bonds is 9. The lowest BCUT2D eigenvalue weighted by Gasteiger charge is -2.40. The first-order valence-corrected chi connectivity index (χ1v) is 17.3. The van der Waals surface area contributed by atoms with Crippen molar-refractivity contribution in [2.45, 2.75) is 121 Å². The number of alkyl halides is 3. The molecule has 2 aliphatic rings. The molecule has 1 aromatic rings.